The van der Waals surface area contributed by atoms with Crippen LogP contribution in [0.25, 0.3) is 0 Å². The summed E-state index contributed by atoms with van der Waals surface area (Å²) in [5.41, 5.74) is 1.85. The zero-order chi connectivity index (χ0) is 13.1. The minimum Gasteiger partial charge on any atom is -0.497 e. The number of methoxy groups -OCH3 is 1. The fourth-order valence-corrected chi connectivity index (χ4v) is 2.34. The maximum Gasteiger partial charge on any atom is 0.142 e. The summed E-state index contributed by atoms with van der Waals surface area (Å²) < 4.78 is 18.5. The maximum absolute atomic E-state index is 13.4. The quantitative estimate of drug-likeness (QED) is 0.722. The number of rotatable bonds is 3. The van der Waals surface area contributed by atoms with Crippen molar-refractivity contribution in [2.24, 2.45) is 0 Å². The normalized spacial score (nSPS) is 12.2. The molecule has 0 aliphatic carbocycles. The third-order valence-corrected chi connectivity index (χ3v) is 4.01. The minimum absolute atomic E-state index is 0.0739. The molecule has 2 aromatic carbocycles. The van der Waals surface area contributed by atoms with E-state index in [1.54, 1.807) is 19.2 Å². The van der Waals surface area contributed by atoms with Crippen LogP contribution in [0.4, 0.5) is 4.39 Å². The molecule has 2 aromatic rings. The highest BCUT2D eigenvalue weighted by Crippen LogP contribution is 2.33. The molecule has 1 nitrogen and oxygen atoms in total. The van der Waals surface area contributed by atoms with Gasteiger partial charge in [0.1, 0.15) is 11.6 Å². The number of hydrogen-bond acceptors (Lipinski definition) is 1. The highest BCUT2D eigenvalue weighted by molar-refractivity contribution is 9.09. The lowest BCUT2D eigenvalue weighted by Crippen LogP contribution is -1.94. The van der Waals surface area contributed by atoms with Crippen molar-refractivity contribution in [3.63, 3.8) is 0 Å². The maximum atomic E-state index is 13.4. The van der Waals surface area contributed by atoms with Crippen LogP contribution in [0.2, 0.25) is 5.02 Å². The van der Waals surface area contributed by atoms with Gasteiger partial charge in [-0.2, -0.15) is 0 Å². The first kappa shape index (κ1) is 13.4. The molecule has 0 saturated heterocycles. The van der Waals surface area contributed by atoms with E-state index in [1.165, 1.54) is 6.07 Å². The topological polar surface area (TPSA) is 9.23 Å². The molecule has 2 rings (SSSR count). The average Bonchev–Trinajstić information content (AvgIpc) is 2.41. The van der Waals surface area contributed by atoms with E-state index in [9.17, 15) is 4.39 Å². The molecule has 1 atom stereocenters. The third-order valence-electron chi connectivity index (χ3n) is 2.64. The van der Waals surface area contributed by atoms with Crippen LogP contribution in [-0.2, 0) is 0 Å². The zero-order valence-electron chi connectivity index (χ0n) is 9.66. The molecule has 0 heterocycles. The Morgan fingerprint density at radius 2 is 1.72 bits per heavy atom. The molecule has 0 fully saturated rings. The Morgan fingerprint density at radius 3 is 2.28 bits per heavy atom. The summed E-state index contributed by atoms with van der Waals surface area (Å²) in [6, 6.07) is 12.4. The molecule has 18 heavy (non-hydrogen) atoms. The number of halogens is 3. The highest BCUT2D eigenvalue weighted by atomic mass is 79.9. The number of benzene rings is 2. The van der Waals surface area contributed by atoms with Crippen LogP contribution in [0.3, 0.4) is 0 Å². The van der Waals surface area contributed by atoms with Crippen LogP contribution in [0, 0.1) is 5.82 Å². The van der Waals surface area contributed by atoms with Crippen LogP contribution in [0.5, 0.6) is 5.75 Å². The summed E-state index contributed by atoms with van der Waals surface area (Å²) in [5.74, 6) is 0.382. The van der Waals surface area contributed by atoms with E-state index in [2.05, 4.69) is 15.9 Å². The number of hydrogen-bond donors (Lipinski definition) is 0. The van der Waals surface area contributed by atoms with Crippen LogP contribution in [0.15, 0.2) is 42.5 Å². The Bertz CT molecular complexity index is 542. The molecule has 0 aliphatic heterocycles. The van der Waals surface area contributed by atoms with Gasteiger partial charge in [-0.3, -0.25) is 0 Å². The van der Waals surface area contributed by atoms with Gasteiger partial charge in [0, 0.05) is 0 Å². The predicted molar refractivity (Wildman–Crippen MR) is 75.2 cm³/mol. The first-order chi connectivity index (χ1) is 8.61. The molecule has 0 aliphatic rings. The van der Waals surface area contributed by atoms with Crippen LogP contribution in [0.1, 0.15) is 16.0 Å². The van der Waals surface area contributed by atoms with Gasteiger partial charge in [-0.1, -0.05) is 45.7 Å². The molecule has 0 N–H and O–H groups in total. The fraction of sp³-hybridized carbons (Fsp3) is 0.143. The van der Waals surface area contributed by atoms with Crippen molar-refractivity contribution in [3.8, 4) is 5.75 Å². The van der Waals surface area contributed by atoms with Crippen LogP contribution < -0.4 is 4.74 Å². The first-order valence-electron chi connectivity index (χ1n) is 5.35. The molecule has 94 valence electrons. The zero-order valence-corrected chi connectivity index (χ0v) is 12.0. The molecular weight excluding hydrogens is 319 g/mol. The summed E-state index contributed by atoms with van der Waals surface area (Å²) in [7, 11) is 1.62. The summed E-state index contributed by atoms with van der Waals surface area (Å²) in [6.07, 6.45) is 0. The van der Waals surface area contributed by atoms with E-state index in [4.69, 9.17) is 16.3 Å². The lowest BCUT2D eigenvalue weighted by Gasteiger charge is -2.12. The van der Waals surface area contributed by atoms with Gasteiger partial charge < -0.3 is 4.74 Å². The van der Waals surface area contributed by atoms with Crippen molar-refractivity contribution in [2.45, 2.75) is 4.83 Å². The van der Waals surface area contributed by atoms with E-state index in [-0.39, 0.29) is 9.85 Å². The van der Waals surface area contributed by atoms with Gasteiger partial charge in [0.05, 0.1) is 17.0 Å². The van der Waals surface area contributed by atoms with Crippen LogP contribution >= 0.6 is 27.5 Å². The van der Waals surface area contributed by atoms with Crippen molar-refractivity contribution in [1.29, 1.82) is 0 Å². The largest absolute Gasteiger partial charge is 0.497 e. The molecule has 4 heteroatoms. The Labute approximate surface area is 119 Å². The van der Waals surface area contributed by atoms with E-state index in [0.29, 0.717) is 0 Å². The van der Waals surface area contributed by atoms with Gasteiger partial charge in [-0.15, -0.1) is 0 Å². The molecule has 1 unspecified atom stereocenters. The van der Waals surface area contributed by atoms with Crippen molar-refractivity contribution in [1.82, 2.24) is 0 Å². The van der Waals surface area contributed by atoms with Gasteiger partial charge >= 0.3 is 0 Å². The number of ether oxygens (including phenoxy) is 1. The molecule has 0 bridgehead atoms. The summed E-state index contributed by atoms with van der Waals surface area (Å²) in [6.45, 7) is 0. The average molecular weight is 330 g/mol. The summed E-state index contributed by atoms with van der Waals surface area (Å²) in [5, 5.41) is 0.133. The van der Waals surface area contributed by atoms with Crippen LogP contribution in [-0.4, -0.2) is 7.11 Å². The van der Waals surface area contributed by atoms with E-state index < -0.39 is 5.82 Å². The second-order valence-electron chi connectivity index (χ2n) is 3.81. The number of alkyl halides is 1. The Balaban J connectivity index is 2.28. The van der Waals surface area contributed by atoms with Gasteiger partial charge in [0.25, 0.3) is 0 Å². The Kier molecular flexibility index (Phi) is 4.25. The van der Waals surface area contributed by atoms with Crippen molar-refractivity contribution < 1.29 is 9.13 Å². The van der Waals surface area contributed by atoms with E-state index in [1.807, 2.05) is 24.3 Å². The van der Waals surface area contributed by atoms with Crippen molar-refractivity contribution >= 4 is 27.5 Å². The van der Waals surface area contributed by atoms with Gasteiger partial charge in [-0.25, -0.2) is 4.39 Å². The lowest BCUT2D eigenvalue weighted by atomic mass is 10.0. The summed E-state index contributed by atoms with van der Waals surface area (Å²) >= 11 is 9.21. The molecule has 0 aromatic heterocycles. The minimum atomic E-state index is -0.410. The van der Waals surface area contributed by atoms with E-state index in [0.717, 1.165) is 16.9 Å². The molecule has 0 saturated carbocycles. The Morgan fingerprint density at radius 1 is 1.11 bits per heavy atom. The molecule has 0 radical (unpaired) electrons. The first-order valence-corrected chi connectivity index (χ1v) is 6.64. The lowest BCUT2D eigenvalue weighted by molar-refractivity contribution is 0.414. The van der Waals surface area contributed by atoms with Gasteiger partial charge in [0.15, 0.2) is 0 Å². The molecular formula is C14H11BrClFO. The Hall–Kier alpha value is -1.06. The van der Waals surface area contributed by atoms with Gasteiger partial charge in [0.2, 0.25) is 0 Å². The van der Waals surface area contributed by atoms with Gasteiger partial charge in [-0.05, 0) is 35.4 Å². The van der Waals surface area contributed by atoms with Crippen molar-refractivity contribution in [3.05, 3.63) is 64.4 Å². The monoisotopic (exact) mass is 328 g/mol. The summed E-state index contributed by atoms with van der Waals surface area (Å²) in [4.78, 5) is -0.0739. The van der Waals surface area contributed by atoms with Crippen molar-refractivity contribution in [2.75, 3.05) is 7.11 Å². The smallest absolute Gasteiger partial charge is 0.142 e. The second kappa shape index (κ2) is 5.72. The third kappa shape index (κ3) is 2.85. The molecule has 0 spiro atoms. The SMILES string of the molecule is COc1ccc(C(Br)c2ccc(Cl)c(F)c2)cc1. The standard InChI is InChI=1S/C14H11BrClFO/c1-18-11-5-2-9(3-6-11)14(15)10-4-7-12(16)13(17)8-10/h2-8,14H,1H3. The van der Waals surface area contributed by atoms with E-state index >= 15 is 0 Å². The second-order valence-corrected chi connectivity index (χ2v) is 5.13. The predicted octanol–water partition coefficient (Wildman–Crippen LogP) is 4.97. The highest BCUT2D eigenvalue weighted by Gasteiger charge is 2.12. The molecule has 0 amide bonds. The fourth-order valence-electron chi connectivity index (χ4n) is 1.64.